The van der Waals surface area contributed by atoms with Gasteiger partial charge in [0.25, 0.3) is 0 Å². The molecule has 1 aromatic rings. The van der Waals surface area contributed by atoms with Crippen LogP contribution in [0.3, 0.4) is 0 Å². The second kappa shape index (κ2) is 5.61. The molecular weight excluding hydrogens is 277 g/mol. The van der Waals surface area contributed by atoms with Gasteiger partial charge < -0.3 is 15.5 Å². The largest absolute Gasteiger partial charge is 0.396 e. The molecule has 3 N–H and O–H groups in total. The number of nitrogens with one attached hydrogen (secondary N) is 1. The zero-order valence-corrected chi connectivity index (χ0v) is 10.6. The number of hydrogen-bond acceptors (Lipinski definition) is 3. The van der Waals surface area contributed by atoms with E-state index < -0.39 is 5.41 Å². The molecule has 1 rings (SSSR count). The van der Waals surface area contributed by atoms with Gasteiger partial charge >= 0.3 is 0 Å². The van der Waals surface area contributed by atoms with E-state index >= 15 is 0 Å². The lowest BCUT2D eigenvalue weighted by Gasteiger charge is -2.25. The molecule has 5 heteroatoms. The Morgan fingerprint density at radius 3 is 2.50 bits per heavy atom. The summed E-state index contributed by atoms with van der Waals surface area (Å²) in [6.45, 7) is 1.71. The van der Waals surface area contributed by atoms with Gasteiger partial charge in [0.15, 0.2) is 0 Å². The minimum absolute atomic E-state index is 0.158. The van der Waals surface area contributed by atoms with Crippen molar-refractivity contribution in [2.24, 2.45) is 5.41 Å². The molecule has 0 aliphatic carbocycles. The maximum Gasteiger partial charge on any atom is 0.147 e. The summed E-state index contributed by atoms with van der Waals surface area (Å²) in [6, 6.07) is 4.69. The molecule has 0 atom stereocenters. The van der Waals surface area contributed by atoms with E-state index in [0.717, 1.165) is 0 Å². The van der Waals surface area contributed by atoms with E-state index in [0.29, 0.717) is 16.7 Å². The SMILES string of the molecule is CC(CO)(CO)CNc1ccc(Br)cc1F. The van der Waals surface area contributed by atoms with Crippen LogP contribution < -0.4 is 5.32 Å². The molecule has 0 bridgehead atoms. The molecule has 0 aromatic heterocycles. The first-order chi connectivity index (χ1) is 7.50. The molecule has 1 aromatic carbocycles. The zero-order chi connectivity index (χ0) is 12.2. The molecule has 0 aliphatic heterocycles. The molecule has 3 nitrogen and oxygen atoms in total. The van der Waals surface area contributed by atoms with Crippen LogP contribution in [-0.2, 0) is 0 Å². The molecule has 0 spiro atoms. The number of anilines is 1. The molecule has 0 saturated carbocycles. The summed E-state index contributed by atoms with van der Waals surface area (Å²) in [5.74, 6) is -0.368. The highest BCUT2D eigenvalue weighted by atomic mass is 79.9. The predicted molar refractivity (Wildman–Crippen MR) is 64.9 cm³/mol. The van der Waals surface area contributed by atoms with Crippen molar-refractivity contribution < 1.29 is 14.6 Å². The summed E-state index contributed by atoms with van der Waals surface area (Å²) in [4.78, 5) is 0. The normalized spacial score (nSPS) is 11.6. The lowest BCUT2D eigenvalue weighted by molar-refractivity contribution is 0.0806. The molecule has 0 saturated heterocycles. The predicted octanol–water partition coefficient (Wildman–Crippen LogP) is 1.99. The van der Waals surface area contributed by atoms with E-state index in [4.69, 9.17) is 10.2 Å². The molecular formula is C11H15BrFNO2. The van der Waals surface area contributed by atoms with E-state index in [1.54, 1.807) is 19.1 Å². The second-order valence-corrected chi connectivity index (χ2v) is 5.02. The Hall–Kier alpha value is -0.650. The van der Waals surface area contributed by atoms with Gasteiger partial charge in [0.1, 0.15) is 5.82 Å². The van der Waals surface area contributed by atoms with Crippen LogP contribution in [-0.4, -0.2) is 30.0 Å². The van der Waals surface area contributed by atoms with Crippen molar-refractivity contribution in [1.29, 1.82) is 0 Å². The van der Waals surface area contributed by atoms with Crippen molar-refractivity contribution in [1.82, 2.24) is 0 Å². The fraction of sp³-hybridized carbons (Fsp3) is 0.455. The Morgan fingerprint density at radius 1 is 1.38 bits per heavy atom. The van der Waals surface area contributed by atoms with Crippen LogP contribution in [0.5, 0.6) is 0 Å². The van der Waals surface area contributed by atoms with E-state index in [9.17, 15) is 4.39 Å². The van der Waals surface area contributed by atoms with Gasteiger partial charge in [-0.3, -0.25) is 0 Å². The maximum absolute atomic E-state index is 13.4. The minimum Gasteiger partial charge on any atom is -0.396 e. The lowest BCUT2D eigenvalue weighted by Crippen LogP contribution is -2.34. The van der Waals surface area contributed by atoms with Gasteiger partial charge in [-0.2, -0.15) is 0 Å². The number of aliphatic hydroxyl groups is 2. The van der Waals surface area contributed by atoms with Crippen molar-refractivity contribution in [2.75, 3.05) is 25.1 Å². The first-order valence-corrected chi connectivity index (χ1v) is 5.71. The number of aliphatic hydroxyl groups excluding tert-OH is 2. The number of halogens is 2. The first kappa shape index (κ1) is 13.4. The highest BCUT2D eigenvalue weighted by Gasteiger charge is 2.22. The first-order valence-electron chi connectivity index (χ1n) is 4.91. The van der Waals surface area contributed by atoms with Gasteiger partial charge in [0.05, 0.1) is 18.9 Å². The summed E-state index contributed by atoms with van der Waals surface area (Å²) in [5, 5.41) is 21.0. The molecule has 90 valence electrons. The monoisotopic (exact) mass is 291 g/mol. The second-order valence-electron chi connectivity index (χ2n) is 4.10. The topological polar surface area (TPSA) is 52.5 Å². The molecule has 0 amide bonds. The smallest absolute Gasteiger partial charge is 0.147 e. The fourth-order valence-corrected chi connectivity index (χ4v) is 1.44. The highest BCUT2D eigenvalue weighted by molar-refractivity contribution is 9.10. The maximum atomic E-state index is 13.4. The summed E-state index contributed by atoms with van der Waals surface area (Å²) in [6.07, 6.45) is 0. The number of hydrogen-bond donors (Lipinski definition) is 3. The summed E-state index contributed by atoms with van der Waals surface area (Å²) >= 11 is 3.17. The fourth-order valence-electron chi connectivity index (χ4n) is 1.10. The third-order valence-electron chi connectivity index (χ3n) is 2.40. The Bertz CT molecular complexity index is 356. The average molecular weight is 292 g/mol. The van der Waals surface area contributed by atoms with Crippen molar-refractivity contribution >= 4 is 21.6 Å². The third-order valence-corrected chi connectivity index (χ3v) is 2.89. The van der Waals surface area contributed by atoms with Gasteiger partial charge in [-0.05, 0) is 18.2 Å². The highest BCUT2D eigenvalue weighted by Crippen LogP contribution is 2.21. The van der Waals surface area contributed by atoms with Crippen molar-refractivity contribution in [3.05, 3.63) is 28.5 Å². The van der Waals surface area contributed by atoms with Gasteiger partial charge in [-0.15, -0.1) is 0 Å². The van der Waals surface area contributed by atoms with Crippen LogP contribution in [0.2, 0.25) is 0 Å². The molecule has 0 aliphatic rings. The van der Waals surface area contributed by atoms with Crippen molar-refractivity contribution in [3.63, 3.8) is 0 Å². The van der Waals surface area contributed by atoms with Crippen LogP contribution in [0.1, 0.15) is 6.92 Å². The van der Waals surface area contributed by atoms with Crippen LogP contribution in [0.15, 0.2) is 22.7 Å². The number of benzene rings is 1. The van der Waals surface area contributed by atoms with Crippen molar-refractivity contribution in [3.8, 4) is 0 Å². The number of rotatable bonds is 5. The molecule has 0 unspecified atom stereocenters. The Kier molecular flexibility index (Phi) is 4.70. The third kappa shape index (κ3) is 3.43. The Labute approximate surface area is 102 Å². The minimum atomic E-state index is -0.653. The zero-order valence-electron chi connectivity index (χ0n) is 9.00. The lowest BCUT2D eigenvalue weighted by atomic mass is 9.93. The van der Waals surface area contributed by atoms with Crippen LogP contribution >= 0.6 is 15.9 Å². The van der Waals surface area contributed by atoms with Crippen LogP contribution in [0.25, 0.3) is 0 Å². The Morgan fingerprint density at radius 2 is 2.00 bits per heavy atom. The summed E-state index contributed by atoms with van der Waals surface area (Å²) < 4.78 is 14.1. The van der Waals surface area contributed by atoms with Gasteiger partial charge in [-0.1, -0.05) is 22.9 Å². The molecule has 0 fully saturated rings. The Balaban J connectivity index is 2.67. The average Bonchev–Trinajstić information content (AvgIpc) is 2.27. The van der Waals surface area contributed by atoms with E-state index in [-0.39, 0.29) is 19.0 Å². The van der Waals surface area contributed by atoms with E-state index in [2.05, 4.69) is 21.2 Å². The van der Waals surface area contributed by atoms with Gasteiger partial charge in [0, 0.05) is 16.4 Å². The van der Waals surface area contributed by atoms with Gasteiger partial charge in [0.2, 0.25) is 0 Å². The summed E-state index contributed by atoms with van der Waals surface area (Å²) in [5.41, 5.74) is -0.296. The van der Waals surface area contributed by atoms with Gasteiger partial charge in [-0.25, -0.2) is 4.39 Å². The quantitative estimate of drug-likeness (QED) is 0.778. The van der Waals surface area contributed by atoms with E-state index in [1.807, 2.05) is 0 Å². The molecule has 16 heavy (non-hydrogen) atoms. The molecule has 0 heterocycles. The molecule has 0 radical (unpaired) electrons. The van der Waals surface area contributed by atoms with Crippen LogP contribution in [0, 0.1) is 11.2 Å². The van der Waals surface area contributed by atoms with Crippen molar-refractivity contribution in [2.45, 2.75) is 6.92 Å². The van der Waals surface area contributed by atoms with E-state index in [1.165, 1.54) is 6.07 Å². The van der Waals surface area contributed by atoms with Crippen LogP contribution in [0.4, 0.5) is 10.1 Å². The standard InChI is InChI=1S/C11H15BrFNO2/c1-11(6-15,7-16)5-14-10-3-2-8(12)4-9(10)13/h2-4,14-16H,5-7H2,1H3. The summed E-state index contributed by atoms with van der Waals surface area (Å²) in [7, 11) is 0.